The predicted molar refractivity (Wildman–Crippen MR) is 98.7 cm³/mol. The van der Waals surface area contributed by atoms with E-state index in [0.717, 1.165) is 5.69 Å². The molecule has 2 aliphatic heterocycles. The molecule has 0 saturated carbocycles. The standard InChI is InChI=1S/C18H25N3O3.ClH/c1-13-11-15(16(22)21(13)14-5-3-2-4-6-14)20-17(23)18(12-19)7-9-24-10-8-18;/h2-6,13,15H,7-12,19H2,1H3,(H,20,23);1H. The fraction of sp³-hybridized carbons (Fsp3) is 0.556. The third-order valence-electron chi connectivity index (χ3n) is 5.22. The number of nitrogens with one attached hydrogen (secondary N) is 1. The molecule has 0 aliphatic carbocycles. The lowest BCUT2D eigenvalue weighted by molar-refractivity contribution is -0.138. The van der Waals surface area contributed by atoms with E-state index in [1.165, 1.54) is 0 Å². The maximum Gasteiger partial charge on any atom is 0.249 e. The third-order valence-corrected chi connectivity index (χ3v) is 5.22. The van der Waals surface area contributed by atoms with Crippen molar-refractivity contribution >= 4 is 29.9 Å². The Labute approximate surface area is 154 Å². The lowest BCUT2D eigenvalue weighted by Crippen LogP contribution is -2.53. The van der Waals surface area contributed by atoms with E-state index in [4.69, 9.17) is 10.5 Å². The van der Waals surface area contributed by atoms with Crippen LogP contribution < -0.4 is 16.0 Å². The first-order valence-corrected chi connectivity index (χ1v) is 8.54. The second kappa shape index (κ2) is 8.17. The molecule has 0 spiro atoms. The Morgan fingerprint density at radius 2 is 1.96 bits per heavy atom. The minimum Gasteiger partial charge on any atom is -0.381 e. The van der Waals surface area contributed by atoms with Crippen molar-refractivity contribution in [3.63, 3.8) is 0 Å². The quantitative estimate of drug-likeness (QED) is 0.844. The molecule has 7 heteroatoms. The molecule has 0 bridgehead atoms. The fourth-order valence-corrected chi connectivity index (χ4v) is 3.62. The summed E-state index contributed by atoms with van der Waals surface area (Å²) in [5, 5.41) is 2.95. The molecular formula is C18H26ClN3O3. The molecule has 2 atom stereocenters. The molecule has 0 radical (unpaired) electrons. The Morgan fingerprint density at radius 1 is 1.32 bits per heavy atom. The zero-order valence-corrected chi connectivity index (χ0v) is 15.3. The highest BCUT2D eigenvalue weighted by atomic mass is 35.5. The Balaban J connectivity index is 0.00000225. The van der Waals surface area contributed by atoms with Gasteiger partial charge in [0.15, 0.2) is 0 Å². The molecule has 1 aromatic rings. The lowest BCUT2D eigenvalue weighted by atomic mass is 9.79. The number of rotatable bonds is 4. The highest BCUT2D eigenvalue weighted by Gasteiger charge is 2.44. The van der Waals surface area contributed by atoms with Gasteiger partial charge in [-0.1, -0.05) is 18.2 Å². The van der Waals surface area contributed by atoms with Gasteiger partial charge in [-0.25, -0.2) is 0 Å². The molecule has 1 aromatic carbocycles. The van der Waals surface area contributed by atoms with Gasteiger partial charge in [0.1, 0.15) is 6.04 Å². The van der Waals surface area contributed by atoms with Crippen molar-refractivity contribution in [2.75, 3.05) is 24.7 Å². The van der Waals surface area contributed by atoms with E-state index >= 15 is 0 Å². The van der Waals surface area contributed by atoms with Crippen LogP contribution in [-0.4, -0.2) is 43.7 Å². The number of nitrogens with two attached hydrogens (primary N) is 1. The Bertz CT molecular complexity index is 605. The molecule has 2 aliphatic rings. The van der Waals surface area contributed by atoms with Gasteiger partial charge in [0.05, 0.1) is 5.41 Å². The van der Waals surface area contributed by atoms with Crippen LogP contribution in [0.5, 0.6) is 0 Å². The largest absolute Gasteiger partial charge is 0.381 e. The molecule has 3 rings (SSSR count). The van der Waals surface area contributed by atoms with Gasteiger partial charge in [0, 0.05) is 31.5 Å². The lowest BCUT2D eigenvalue weighted by Gasteiger charge is -2.35. The number of para-hydroxylation sites is 1. The third kappa shape index (κ3) is 3.81. The molecule has 0 aromatic heterocycles. The average Bonchev–Trinajstić information content (AvgIpc) is 2.89. The van der Waals surface area contributed by atoms with Crippen molar-refractivity contribution in [3.05, 3.63) is 30.3 Å². The van der Waals surface area contributed by atoms with Crippen molar-refractivity contribution < 1.29 is 14.3 Å². The van der Waals surface area contributed by atoms with Crippen LogP contribution in [0.25, 0.3) is 0 Å². The molecule has 138 valence electrons. The maximum absolute atomic E-state index is 12.8. The van der Waals surface area contributed by atoms with E-state index in [1.807, 2.05) is 37.3 Å². The summed E-state index contributed by atoms with van der Waals surface area (Å²) in [4.78, 5) is 27.3. The fourth-order valence-electron chi connectivity index (χ4n) is 3.62. The summed E-state index contributed by atoms with van der Waals surface area (Å²) in [6, 6.07) is 9.13. The highest BCUT2D eigenvalue weighted by Crippen LogP contribution is 2.31. The van der Waals surface area contributed by atoms with Crippen molar-refractivity contribution in [2.45, 2.75) is 38.3 Å². The Hall–Kier alpha value is -1.63. The number of benzene rings is 1. The normalized spacial score (nSPS) is 25.4. The summed E-state index contributed by atoms with van der Waals surface area (Å²) < 4.78 is 5.35. The van der Waals surface area contributed by atoms with E-state index in [0.29, 0.717) is 32.5 Å². The zero-order chi connectivity index (χ0) is 17.2. The minimum absolute atomic E-state index is 0. The van der Waals surface area contributed by atoms with Gasteiger partial charge in [-0.05, 0) is 38.3 Å². The van der Waals surface area contributed by atoms with E-state index < -0.39 is 11.5 Å². The van der Waals surface area contributed by atoms with Crippen LogP contribution in [0.15, 0.2) is 30.3 Å². The van der Waals surface area contributed by atoms with Gasteiger partial charge < -0.3 is 20.7 Å². The average molecular weight is 368 g/mol. The number of nitrogens with zero attached hydrogens (tertiary/aromatic N) is 1. The van der Waals surface area contributed by atoms with Gasteiger partial charge in [-0.15, -0.1) is 12.4 Å². The van der Waals surface area contributed by atoms with E-state index in [9.17, 15) is 9.59 Å². The molecule has 2 saturated heterocycles. The maximum atomic E-state index is 12.8. The SMILES string of the molecule is CC1CC(NC(=O)C2(CN)CCOCC2)C(=O)N1c1ccccc1.Cl. The highest BCUT2D eigenvalue weighted by molar-refractivity contribution is 6.02. The van der Waals surface area contributed by atoms with Crippen LogP contribution in [0, 0.1) is 5.41 Å². The summed E-state index contributed by atoms with van der Waals surface area (Å²) in [7, 11) is 0. The van der Waals surface area contributed by atoms with Crippen LogP contribution in [0.3, 0.4) is 0 Å². The Kier molecular flexibility index (Phi) is 6.43. The van der Waals surface area contributed by atoms with Gasteiger partial charge in [-0.3, -0.25) is 9.59 Å². The first-order chi connectivity index (χ1) is 11.6. The first kappa shape index (κ1) is 19.7. The number of carbonyl (C=O) groups excluding carboxylic acids is 2. The zero-order valence-electron chi connectivity index (χ0n) is 14.4. The van der Waals surface area contributed by atoms with E-state index in [-0.39, 0.29) is 36.8 Å². The minimum atomic E-state index is -0.609. The van der Waals surface area contributed by atoms with Gasteiger partial charge in [-0.2, -0.15) is 0 Å². The number of amides is 2. The molecule has 6 nitrogen and oxygen atoms in total. The molecule has 2 fully saturated rings. The first-order valence-electron chi connectivity index (χ1n) is 8.54. The van der Waals surface area contributed by atoms with Crippen molar-refractivity contribution in [2.24, 2.45) is 11.1 Å². The molecule has 25 heavy (non-hydrogen) atoms. The van der Waals surface area contributed by atoms with Crippen molar-refractivity contribution in [1.82, 2.24) is 5.32 Å². The molecule has 3 N–H and O–H groups in total. The van der Waals surface area contributed by atoms with Gasteiger partial charge >= 0.3 is 0 Å². The van der Waals surface area contributed by atoms with Crippen LogP contribution in [-0.2, 0) is 14.3 Å². The topological polar surface area (TPSA) is 84.7 Å². The number of carbonyl (C=O) groups is 2. The summed E-state index contributed by atoms with van der Waals surface area (Å²) in [6.07, 6.45) is 1.82. The van der Waals surface area contributed by atoms with E-state index in [1.54, 1.807) is 4.90 Å². The number of halogens is 1. The van der Waals surface area contributed by atoms with Crippen LogP contribution in [0.2, 0.25) is 0 Å². The van der Waals surface area contributed by atoms with E-state index in [2.05, 4.69) is 5.32 Å². The van der Waals surface area contributed by atoms with Crippen LogP contribution in [0.1, 0.15) is 26.2 Å². The number of ether oxygens (including phenoxy) is 1. The van der Waals surface area contributed by atoms with Gasteiger partial charge in [0.2, 0.25) is 11.8 Å². The summed E-state index contributed by atoms with van der Waals surface area (Å²) >= 11 is 0. The smallest absolute Gasteiger partial charge is 0.249 e. The van der Waals surface area contributed by atoms with Crippen molar-refractivity contribution in [3.8, 4) is 0 Å². The van der Waals surface area contributed by atoms with Crippen LogP contribution >= 0.6 is 12.4 Å². The summed E-state index contributed by atoms with van der Waals surface area (Å²) in [6.45, 7) is 3.36. The molecular weight excluding hydrogens is 342 g/mol. The second-order valence-corrected chi connectivity index (χ2v) is 6.75. The molecule has 2 amide bonds. The second-order valence-electron chi connectivity index (χ2n) is 6.75. The predicted octanol–water partition coefficient (Wildman–Crippen LogP) is 1.47. The number of hydrogen-bond donors (Lipinski definition) is 2. The molecule has 2 heterocycles. The summed E-state index contributed by atoms with van der Waals surface area (Å²) in [5.74, 6) is -0.171. The number of anilines is 1. The number of hydrogen-bond acceptors (Lipinski definition) is 4. The Morgan fingerprint density at radius 3 is 2.56 bits per heavy atom. The monoisotopic (exact) mass is 367 g/mol. The summed E-state index contributed by atoms with van der Waals surface area (Å²) in [5.41, 5.74) is 6.14. The van der Waals surface area contributed by atoms with Gasteiger partial charge in [0.25, 0.3) is 0 Å². The van der Waals surface area contributed by atoms with Crippen molar-refractivity contribution in [1.29, 1.82) is 0 Å². The van der Waals surface area contributed by atoms with Crippen LogP contribution in [0.4, 0.5) is 5.69 Å². The molecule has 2 unspecified atom stereocenters.